The number of thioether (sulfide) groups is 1. The molecule has 144 valence electrons. The Labute approximate surface area is 158 Å². The van der Waals surface area contributed by atoms with Gasteiger partial charge in [0.05, 0.1) is 17.8 Å². The van der Waals surface area contributed by atoms with Crippen LogP contribution in [0.5, 0.6) is 0 Å². The van der Waals surface area contributed by atoms with Gasteiger partial charge in [0, 0.05) is 39.7 Å². The highest BCUT2D eigenvalue weighted by molar-refractivity contribution is 7.99. The lowest BCUT2D eigenvalue weighted by atomic mass is 9.78. The molecule has 1 aromatic heterocycles. The molecule has 2 amide bonds. The Morgan fingerprint density at radius 2 is 2.23 bits per heavy atom. The number of aromatic amines is 1. The number of likely N-dealkylation sites (tertiary alicyclic amines) is 2. The molecule has 1 atom stereocenters. The van der Waals surface area contributed by atoms with Crippen LogP contribution in [0.15, 0.2) is 5.16 Å². The van der Waals surface area contributed by atoms with E-state index in [9.17, 15) is 9.59 Å². The highest BCUT2D eigenvalue weighted by Crippen LogP contribution is 2.40. The van der Waals surface area contributed by atoms with Gasteiger partial charge in [-0.1, -0.05) is 18.7 Å². The number of methoxy groups -OCH3 is 1. The normalized spacial score (nSPS) is 23.2. The lowest BCUT2D eigenvalue weighted by Gasteiger charge is -2.39. The first kappa shape index (κ1) is 19.2. The van der Waals surface area contributed by atoms with Crippen LogP contribution in [0.3, 0.4) is 0 Å². The second-order valence-electron chi connectivity index (χ2n) is 6.94. The Morgan fingerprint density at radius 3 is 2.96 bits per heavy atom. The summed E-state index contributed by atoms with van der Waals surface area (Å²) in [6, 6.07) is 0. The Kier molecular flexibility index (Phi) is 6.18. The van der Waals surface area contributed by atoms with E-state index >= 15 is 0 Å². The largest absolute Gasteiger partial charge is 0.383 e. The van der Waals surface area contributed by atoms with Crippen LogP contribution in [0.4, 0.5) is 0 Å². The summed E-state index contributed by atoms with van der Waals surface area (Å²) in [5.41, 5.74) is -0.397. The van der Waals surface area contributed by atoms with Crippen LogP contribution >= 0.6 is 11.8 Å². The molecule has 3 heterocycles. The van der Waals surface area contributed by atoms with Crippen molar-refractivity contribution in [2.45, 2.75) is 37.8 Å². The summed E-state index contributed by atoms with van der Waals surface area (Å²) in [7, 11) is 1.65. The molecule has 9 heteroatoms. The lowest BCUT2D eigenvalue weighted by Crippen LogP contribution is -2.51. The molecular weight excluding hydrogens is 354 g/mol. The molecule has 0 unspecified atom stereocenters. The number of piperidine rings is 1. The smallest absolute Gasteiger partial charge is 0.233 e. The van der Waals surface area contributed by atoms with Gasteiger partial charge >= 0.3 is 0 Å². The number of hydrogen-bond acceptors (Lipinski definition) is 6. The Morgan fingerprint density at radius 1 is 1.38 bits per heavy atom. The molecule has 26 heavy (non-hydrogen) atoms. The van der Waals surface area contributed by atoms with E-state index in [4.69, 9.17) is 4.74 Å². The van der Waals surface area contributed by atoms with Gasteiger partial charge in [-0.15, -0.1) is 5.10 Å². The van der Waals surface area contributed by atoms with Crippen molar-refractivity contribution in [3.05, 3.63) is 5.82 Å². The molecule has 0 saturated carbocycles. The summed E-state index contributed by atoms with van der Waals surface area (Å²) in [6.45, 7) is 5.16. The summed E-state index contributed by atoms with van der Waals surface area (Å²) in [5.74, 6) is 1.37. The first-order valence-corrected chi connectivity index (χ1v) is 10.2. The average molecular weight is 382 g/mol. The number of carbonyl (C=O) groups is 2. The van der Waals surface area contributed by atoms with Crippen molar-refractivity contribution in [3.63, 3.8) is 0 Å². The van der Waals surface area contributed by atoms with Gasteiger partial charge in [-0.25, -0.2) is 4.98 Å². The van der Waals surface area contributed by atoms with Crippen LogP contribution in [0.2, 0.25) is 0 Å². The number of amides is 2. The maximum atomic E-state index is 12.9. The zero-order chi connectivity index (χ0) is 18.6. The van der Waals surface area contributed by atoms with Crippen LogP contribution in [0.25, 0.3) is 0 Å². The van der Waals surface area contributed by atoms with Crippen LogP contribution < -0.4 is 0 Å². The minimum absolute atomic E-state index is 0.0524. The number of nitrogens with one attached hydrogen (secondary N) is 1. The first-order chi connectivity index (χ1) is 12.6. The molecule has 0 bridgehead atoms. The quantitative estimate of drug-likeness (QED) is 0.707. The molecule has 1 spiro atoms. The van der Waals surface area contributed by atoms with Crippen molar-refractivity contribution in [1.29, 1.82) is 0 Å². The van der Waals surface area contributed by atoms with Crippen molar-refractivity contribution < 1.29 is 14.3 Å². The summed E-state index contributed by atoms with van der Waals surface area (Å²) < 4.78 is 5.11. The molecule has 3 rings (SSSR count). The lowest BCUT2D eigenvalue weighted by molar-refractivity contribution is -0.146. The monoisotopic (exact) mass is 381 g/mol. The molecule has 2 aliphatic heterocycles. The number of hydrogen-bond donors (Lipinski definition) is 1. The Balaban J connectivity index is 1.54. The van der Waals surface area contributed by atoms with E-state index < -0.39 is 5.41 Å². The number of aryl methyl sites for hydroxylation is 1. The van der Waals surface area contributed by atoms with E-state index in [2.05, 4.69) is 15.2 Å². The van der Waals surface area contributed by atoms with Crippen molar-refractivity contribution >= 4 is 23.6 Å². The van der Waals surface area contributed by atoms with E-state index in [0.29, 0.717) is 37.2 Å². The van der Waals surface area contributed by atoms with Crippen LogP contribution in [-0.2, 0) is 20.7 Å². The maximum absolute atomic E-state index is 12.9. The molecule has 1 aromatic rings. The van der Waals surface area contributed by atoms with E-state index in [1.165, 1.54) is 11.8 Å². The summed E-state index contributed by atoms with van der Waals surface area (Å²) >= 11 is 1.34. The van der Waals surface area contributed by atoms with Crippen LogP contribution in [0, 0.1) is 5.41 Å². The molecule has 8 nitrogen and oxygen atoms in total. The van der Waals surface area contributed by atoms with E-state index in [1.807, 2.05) is 16.7 Å². The second kappa shape index (κ2) is 8.39. The van der Waals surface area contributed by atoms with Gasteiger partial charge in [-0.2, -0.15) is 0 Å². The van der Waals surface area contributed by atoms with Crippen molar-refractivity contribution in [1.82, 2.24) is 25.0 Å². The third-order valence-corrected chi connectivity index (χ3v) is 6.10. The highest BCUT2D eigenvalue weighted by atomic mass is 32.2. The van der Waals surface area contributed by atoms with Gasteiger partial charge in [0.15, 0.2) is 0 Å². The number of nitrogens with zero attached hydrogens (tertiary/aromatic N) is 4. The Bertz CT molecular complexity index is 652. The SMILES string of the molecule is CCc1nc(SCC(=O)N2CC[C@]3(CCCN(CCOC)C3=O)C2)n[nH]1. The molecule has 0 aromatic carbocycles. The molecule has 2 fully saturated rings. The third kappa shape index (κ3) is 4.03. The van der Waals surface area contributed by atoms with E-state index in [1.54, 1.807) is 7.11 Å². The van der Waals surface area contributed by atoms with Crippen LogP contribution in [-0.4, -0.2) is 82.4 Å². The average Bonchev–Trinajstić information content (AvgIpc) is 3.29. The summed E-state index contributed by atoms with van der Waals surface area (Å²) in [5, 5.41) is 7.56. The van der Waals surface area contributed by atoms with Gasteiger partial charge in [-0.3, -0.25) is 14.7 Å². The number of ether oxygens (including phenoxy) is 1. The minimum Gasteiger partial charge on any atom is -0.383 e. The van der Waals surface area contributed by atoms with Gasteiger partial charge in [0.2, 0.25) is 17.0 Å². The minimum atomic E-state index is -0.397. The number of aromatic nitrogens is 3. The molecular formula is C17H27N5O3S. The molecule has 2 aliphatic rings. The maximum Gasteiger partial charge on any atom is 0.233 e. The fraction of sp³-hybridized carbons (Fsp3) is 0.765. The third-order valence-electron chi connectivity index (χ3n) is 5.27. The summed E-state index contributed by atoms with van der Waals surface area (Å²) in [6.07, 6.45) is 3.40. The zero-order valence-electron chi connectivity index (χ0n) is 15.5. The van der Waals surface area contributed by atoms with Gasteiger partial charge in [-0.05, 0) is 19.3 Å². The fourth-order valence-electron chi connectivity index (χ4n) is 3.75. The summed E-state index contributed by atoms with van der Waals surface area (Å²) in [4.78, 5) is 33.6. The van der Waals surface area contributed by atoms with Crippen molar-refractivity contribution in [3.8, 4) is 0 Å². The molecule has 0 aliphatic carbocycles. The van der Waals surface area contributed by atoms with Crippen molar-refractivity contribution in [2.24, 2.45) is 5.41 Å². The highest BCUT2D eigenvalue weighted by Gasteiger charge is 2.49. The Hall–Kier alpha value is -1.61. The number of H-pyrrole nitrogens is 1. The predicted molar refractivity (Wildman–Crippen MR) is 97.8 cm³/mol. The van der Waals surface area contributed by atoms with Crippen LogP contribution in [0.1, 0.15) is 32.0 Å². The van der Waals surface area contributed by atoms with E-state index in [-0.39, 0.29) is 11.8 Å². The van der Waals surface area contributed by atoms with E-state index in [0.717, 1.165) is 38.1 Å². The second-order valence-corrected chi connectivity index (χ2v) is 7.88. The zero-order valence-corrected chi connectivity index (χ0v) is 16.3. The standard InChI is InChI=1S/C17H27N5O3S/c1-3-13-18-16(20-19-13)26-11-14(23)22-8-6-17(12-22)5-4-7-21(15(17)24)9-10-25-2/h3-12H2,1-2H3,(H,18,19,20)/t17-/m1/s1. The van der Waals surface area contributed by atoms with Gasteiger partial charge in [0.25, 0.3) is 0 Å². The molecule has 0 radical (unpaired) electrons. The first-order valence-electron chi connectivity index (χ1n) is 9.18. The number of carbonyl (C=O) groups excluding carboxylic acids is 2. The van der Waals surface area contributed by atoms with Crippen molar-refractivity contribution in [2.75, 3.05) is 45.6 Å². The van der Waals surface area contributed by atoms with Gasteiger partial charge in [0.1, 0.15) is 5.82 Å². The topological polar surface area (TPSA) is 91.4 Å². The predicted octanol–water partition coefficient (Wildman–Crippen LogP) is 0.947. The fourth-order valence-corrected chi connectivity index (χ4v) is 4.47. The van der Waals surface area contributed by atoms with Gasteiger partial charge < -0.3 is 14.5 Å². The molecule has 1 N–H and O–H groups in total. The molecule has 2 saturated heterocycles. The number of rotatable bonds is 7.